The molecule has 1 saturated heterocycles. The Labute approximate surface area is 208 Å². The maximum Gasteiger partial charge on any atom is 0.187 e. The molecule has 0 amide bonds. The van der Waals surface area contributed by atoms with Crippen molar-refractivity contribution < 1.29 is 34.7 Å². The Morgan fingerprint density at radius 3 is 2.46 bits per heavy atom. The van der Waals surface area contributed by atoms with Gasteiger partial charge in [0.1, 0.15) is 31.0 Å². The molecule has 0 aromatic heterocycles. The largest absolute Gasteiger partial charge is 0.394 e. The number of ketones is 1. The van der Waals surface area contributed by atoms with E-state index >= 15 is 0 Å². The van der Waals surface area contributed by atoms with E-state index in [-0.39, 0.29) is 29.1 Å². The molecular formula is C28H44O7. The van der Waals surface area contributed by atoms with E-state index in [2.05, 4.69) is 27.4 Å². The average molecular weight is 493 g/mol. The third-order valence-corrected chi connectivity index (χ3v) is 11.5. The number of aliphatic hydroxyl groups excluding tert-OH is 4. The lowest BCUT2D eigenvalue weighted by Crippen LogP contribution is -2.60. The summed E-state index contributed by atoms with van der Waals surface area (Å²) >= 11 is 0. The van der Waals surface area contributed by atoms with E-state index in [4.69, 9.17) is 9.47 Å². The average Bonchev–Trinajstić information content (AvgIpc) is 2.99. The molecule has 1 heterocycles. The zero-order chi connectivity index (χ0) is 25.4. The second-order valence-corrected chi connectivity index (χ2v) is 13.3. The van der Waals surface area contributed by atoms with E-state index in [0.29, 0.717) is 11.3 Å². The fraction of sp³-hybridized carbons (Fsp3) is 0.893. The first-order valence-corrected chi connectivity index (χ1v) is 13.5. The van der Waals surface area contributed by atoms with Crippen LogP contribution in [0.1, 0.15) is 78.6 Å². The molecule has 4 N–H and O–H groups in total. The van der Waals surface area contributed by atoms with Gasteiger partial charge in [0, 0.05) is 5.41 Å². The zero-order valence-electron chi connectivity index (χ0n) is 21.5. The molecule has 11 unspecified atom stereocenters. The molecule has 0 aromatic carbocycles. The highest BCUT2D eigenvalue weighted by atomic mass is 16.7. The monoisotopic (exact) mass is 492 g/mol. The molecule has 7 heteroatoms. The molecular weight excluding hydrogens is 448 g/mol. The lowest BCUT2D eigenvalue weighted by molar-refractivity contribution is -0.300. The van der Waals surface area contributed by atoms with Gasteiger partial charge in [0.15, 0.2) is 12.1 Å². The van der Waals surface area contributed by atoms with Gasteiger partial charge in [-0.2, -0.15) is 0 Å². The van der Waals surface area contributed by atoms with Crippen LogP contribution in [0.4, 0.5) is 0 Å². The van der Waals surface area contributed by atoms with Crippen LogP contribution in [-0.2, 0) is 14.3 Å². The van der Waals surface area contributed by atoms with Crippen LogP contribution >= 0.6 is 0 Å². The van der Waals surface area contributed by atoms with Crippen LogP contribution in [0.15, 0.2) is 12.2 Å². The molecule has 4 saturated carbocycles. The van der Waals surface area contributed by atoms with Crippen molar-refractivity contribution in [2.24, 2.45) is 33.5 Å². The summed E-state index contributed by atoms with van der Waals surface area (Å²) < 4.78 is 11.2. The molecule has 2 bridgehead atoms. The van der Waals surface area contributed by atoms with Gasteiger partial charge in [-0.05, 0) is 79.4 Å². The molecule has 7 nitrogen and oxygen atoms in total. The minimum Gasteiger partial charge on any atom is -0.394 e. The van der Waals surface area contributed by atoms with Crippen LogP contribution in [0, 0.1) is 33.5 Å². The molecule has 1 aliphatic heterocycles. The number of hydrogen-bond acceptors (Lipinski definition) is 7. The number of ether oxygens (including phenoxy) is 2. The van der Waals surface area contributed by atoms with Gasteiger partial charge in [-0.3, -0.25) is 4.79 Å². The Balaban J connectivity index is 1.32. The summed E-state index contributed by atoms with van der Waals surface area (Å²) in [5.74, 6) is 0.904. The molecule has 11 atom stereocenters. The minimum atomic E-state index is -1.51. The van der Waals surface area contributed by atoms with Gasteiger partial charge in [-0.1, -0.05) is 39.3 Å². The van der Waals surface area contributed by atoms with Crippen molar-refractivity contribution >= 4 is 5.78 Å². The Bertz CT molecular complexity index is 873. The molecule has 0 aromatic rings. The standard InChI is InChI=1S/C28H44O7/c1-16-12-28-11-7-18-26(3,19(28)6-10-25(16,2)15-28)8-5-9-27(18,4)20(30)14-34-24-23(33)22(32)21(31)17(13-29)35-24/h17-19,21-24,29,31-33H,1,5-15H2,2-4H3. The van der Waals surface area contributed by atoms with Gasteiger partial charge in [0.05, 0.1) is 6.61 Å². The molecule has 0 radical (unpaired) electrons. The van der Waals surface area contributed by atoms with Gasteiger partial charge in [-0.15, -0.1) is 0 Å². The Morgan fingerprint density at radius 2 is 1.74 bits per heavy atom. The van der Waals surface area contributed by atoms with Crippen LogP contribution in [-0.4, -0.2) is 70.1 Å². The number of fused-ring (bicyclic) bond motifs is 3. The van der Waals surface area contributed by atoms with Crippen molar-refractivity contribution in [3.63, 3.8) is 0 Å². The Hall–Kier alpha value is -0.830. The van der Waals surface area contributed by atoms with Gasteiger partial charge in [0.25, 0.3) is 0 Å². The highest BCUT2D eigenvalue weighted by Crippen LogP contribution is 2.74. The summed E-state index contributed by atoms with van der Waals surface area (Å²) in [6.07, 6.45) is 3.23. The first kappa shape index (κ1) is 25.8. The zero-order valence-corrected chi connectivity index (χ0v) is 21.5. The molecule has 5 aliphatic rings. The van der Waals surface area contributed by atoms with Crippen molar-refractivity contribution in [1.82, 2.24) is 0 Å². The van der Waals surface area contributed by atoms with E-state index in [1.165, 1.54) is 24.8 Å². The quantitative estimate of drug-likeness (QED) is 0.436. The maximum atomic E-state index is 13.7. The van der Waals surface area contributed by atoms with Crippen molar-refractivity contribution in [3.8, 4) is 0 Å². The minimum absolute atomic E-state index is 0.0119. The molecule has 5 fully saturated rings. The van der Waals surface area contributed by atoms with Gasteiger partial charge < -0.3 is 29.9 Å². The molecule has 5 rings (SSSR count). The van der Waals surface area contributed by atoms with Crippen LogP contribution in [0.2, 0.25) is 0 Å². The summed E-state index contributed by atoms with van der Waals surface area (Å²) in [6, 6.07) is 0. The van der Waals surface area contributed by atoms with Crippen LogP contribution in [0.5, 0.6) is 0 Å². The highest BCUT2D eigenvalue weighted by molar-refractivity contribution is 5.86. The second kappa shape index (κ2) is 8.60. The number of carbonyl (C=O) groups is 1. The van der Waals surface area contributed by atoms with Crippen LogP contribution in [0.3, 0.4) is 0 Å². The van der Waals surface area contributed by atoms with Gasteiger partial charge in [-0.25, -0.2) is 0 Å². The maximum absolute atomic E-state index is 13.7. The summed E-state index contributed by atoms with van der Waals surface area (Å²) in [6.45, 7) is 10.7. The van der Waals surface area contributed by atoms with E-state index in [1.807, 2.05) is 0 Å². The Morgan fingerprint density at radius 1 is 1.03 bits per heavy atom. The lowest BCUT2D eigenvalue weighted by atomic mass is 9.40. The third kappa shape index (κ3) is 3.71. The number of hydrogen-bond donors (Lipinski definition) is 4. The predicted octanol–water partition coefficient (Wildman–Crippen LogP) is 2.73. The SMILES string of the molecule is C=C1CC23CCC4C(C)(C(=O)COC5OC(CO)C(O)C(O)C5O)CCCC4(C)C2CCC1(C)C3. The summed E-state index contributed by atoms with van der Waals surface area (Å²) in [4.78, 5) is 13.7. The normalized spacial score (nSPS) is 53.7. The lowest BCUT2D eigenvalue weighted by Gasteiger charge is -2.64. The topological polar surface area (TPSA) is 116 Å². The number of Topliss-reactive ketones (excluding diaryl/α,β-unsaturated/α-hetero) is 1. The summed E-state index contributed by atoms with van der Waals surface area (Å²) in [5.41, 5.74) is 1.65. The molecule has 198 valence electrons. The first-order valence-electron chi connectivity index (χ1n) is 13.5. The van der Waals surface area contributed by atoms with Crippen molar-refractivity contribution in [1.29, 1.82) is 0 Å². The fourth-order valence-corrected chi connectivity index (χ4v) is 9.54. The summed E-state index contributed by atoms with van der Waals surface area (Å²) in [5, 5.41) is 39.8. The smallest absolute Gasteiger partial charge is 0.187 e. The van der Waals surface area contributed by atoms with E-state index in [1.54, 1.807) is 0 Å². The predicted molar refractivity (Wildman–Crippen MR) is 129 cm³/mol. The number of carbonyl (C=O) groups excluding carboxylic acids is 1. The summed E-state index contributed by atoms with van der Waals surface area (Å²) in [7, 11) is 0. The Kier molecular flexibility index (Phi) is 6.34. The first-order chi connectivity index (χ1) is 16.4. The highest BCUT2D eigenvalue weighted by Gasteiger charge is 2.66. The second-order valence-electron chi connectivity index (χ2n) is 13.3. The molecule has 1 spiro atoms. The van der Waals surface area contributed by atoms with Crippen LogP contribution in [0.25, 0.3) is 0 Å². The van der Waals surface area contributed by atoms with Crippen molar-refractivity contribution in [3.05, 3.63) is 12.2 Å². The molecule has 35 heavy (non-hydrogen) atoms. The van der Waals surface area contributed by atoms with Crippen molar-refractivity contribution in [2.75, 3.05) is 13.2 Å². The van der Waals surface area contributed by atoms with E-state index < -0.39 is 42.7 Å². The van der Waals surface area contributed by atoms with E-state index in [0.717, 1.165) is 38.5 Å². The van der Waals surface area contributed by atoms with Gasteiger partial charge >= 0.3 is 0 Å². The van der Waals surface area contributed by atoms with Crippen molar-refractivity contribution in [2.45, 2.75) is 109 Å². The third-order valence-electron chi connectivity index (χ3n) is 11.5. The van der Waals surface area contributed by atoms with Gasteiger partial charge in [0.2, 0.25) is 0 Å². The molecule has 4 aliphatic carbocycles. The number of rotatable bonds is 5. The number of allylic oxidation sites excluding steroid dienone is 1. The van der Waals surface area contributed by atoms with Crippen LogP contribution < -0.4 is 0 Å². The van der Waals surface area contributed by atoms with E-state index in [9.17, 15) is 25.2 Å². The number of aliphatic hydroxyl groups is 4. The fourth-order valence-electron chi connectivity index (χ4n) is 9.54.